The van der Waals surface area contributed by atoms with Crippen molar-refractivity contribution >= 4 is 50.2 Å². The van der Waals surface area contributed by atoms with Gasteiger partial charge in [0.05, 0.1) is 22.0 Å². The fourth-order valence-electron chi connectivity index (χ4n) is 4.32. The van der Waals surface area contributed by atoms with Crippen molar-refractivity contribution in [2.75, 3.05) is 0 Å². The molecule has 0 bridgehead atoms. The van der Waals surface area contributed by atoms with Gasteiger partial charge in [0, 0.05) is 40.3 Å². The molecule has 0 saturated carbocycles. The molecule has 0 fully saturated rings. The highest BCUT2D eigenvalue weighted by atomic mass is 35.5. The number of aromatic nitrogens is 4. The zero-order chi connectivity index (χ0) is 25.8. The minimum absolute atomic E-state index is 0.603. The molecule has 3 heterocycles. The molecular weight excluding hydrogens is 496 g/mol. The Labute approximate surface area is 217 Å². The van der Waals surface area contributed by atoms with Gasteiger partial charge < -0.3 is 9.84 Å². The lowest BCUT2D eigenvalue weighted by atomic mass is 9.91. The molecular formula is C27H25ClN4O3S. The Morgan fingerprint density at radius 1 is 1.14 bits per heavy atom. The van der Waals surface area contributed by atoms with Crippen LogP contribution in [0.25, 0.3) is 42.9 Å². The molecule has 5 rings (SSSR count). The average Bonchev–Trinajstić information content (AvgIpc) is 3.40. The van der Waals surface area contributed by atoms with E-state index in [1.807, 2.05) is 59.0 Å². The van der Waals surface area contributed by atoms with E-state index in [4.69, 9.17) is 21.3 Å². The second kappa shape index (κ2) is 8.96. The van der Waals surface area contributed by atoms with Crippen LogP contribution in [0.3, 0.4) is 0 Å². The number of rotatable bonds is 5. The summed E-state index contributed by atoms with van der Waals surface area (Å²) in [5, 5.41) is 16.8. The third-order valence-corrected chi connectivity index (χ3v) is 7.23. The van der Waals surface area contributed by atoms with Gasteiger partial charge in [-0.25, -0.2) is 14.8 Å². The van der Waals surface area contributed by atoms with E-state index in [1.165, 1.54) is 11.3 Å². The van der Waals surface area contributed by atoms with Gasteiger partial charge in [-0.15, -0.1) is 11.3 Å². The molecule has 36 heavy (non-hydrogen) atoms. The first-order valence-corrected chi connectivity index (χ1v) is 12.6. The quantitative estimate of drug-likeness (QED) is 0.273. The van der Waals surface area contributed by atoms with E-state index < -0.39 is 17.7 Å². The number of aryl methyl sites for hydroxylation is 2. The lowest BCUT2D eigenvalue weighted by molar-refractivity contribution is -0.160. The summed E-state index contributed by atoms with van der Waals surface area (Å²) in [4.78, 5) is 22.0. The lowest BCUT2D eigenvalue weighted by Gasteiger charge is -2.28. The predicted octanol–water partition coefficient (Wildman–Crippen LogP) is 6.81. The van der Waals surface area contributed by atoms with Crippen LogP contribution in [-0.4, -0.2) is 36.4 Å². The van der Waals surface area contributed by atoms with E-state index >= 15 is 0 Å². The number of pyridine rings is 1. The van der Waals surface area contributed by atoms with Crippen LogP contribution in [0.1, 0.15) is 38.0 Å². The predicted molar refractivity (Wildman–Crippen MR) is 144 cm³/mol. The smallest absolute Gasteiger partial charge is 0.337 e. The van der Waals surface area contributed by atoms with Gasteiger partial charge in [-0.05, 0) is 63.1 Å². The molecule has 184 valence electrons. The summed E-state index contributed by atoms with van der Waals surface area (Å²) in [6.45, 7) is 7.46. The third kappa shape index (κ3) is 4.48. The number of hydrogen-bond donors (Lipinski definition) is 1. The van der Waals surface area contributed by atoms with Crippen LogP contribution in [0.2, 0.25) is 5.02 Å². The van der Waals surface area contributed by atoms with Gasteiger partial charge >= 0.3 is 5.97 Å². The van der Waals surface area contributed by atoms with E-state index in [1.54, 1.807) is 29.2 Å². The van der Waals surface area contributed by atoms with Crippen LogP contribution in [0.4, 0.5) is 0 Å². The van der Waals surface area contributed by atoms with Crippen LogP contribution in [0, 0.1) is 6.92 Å². The van der Waals surface area contributed by atoms with E-state index in [0.717, 1.165) is 48.5 Å². The van der Waals surface area contributed by atoms with Gasteiger partial charge in [-0.3, -0.25) is 4.68 Å². The molecule has 0 aliphatic rings. The average molecular weight is 521 g/mol. The Morgan fingerprint density at radius 3 is 2.53 bits per heavy atom. The van der Waals surface area contributed by atoms with Crippen molar-refractivity contribution in [3.05, 3.63) is 64.9 Å². The standard InChI is InChI=1S/C27H25ClN4O3S/c1-14-10-19-23(36-25(31-19)17-11-16-13-30-32(5)24(16)29-12-17)21(15-6-8-18(28)9-7-15)20(14)22(26(33)34)35-27(2,3)4/h6-13,22H,1-5H3,(H,33,34). The molecule has 3 aromatic heterocycles. The Kier molecular flexibility index (Phi) is 6.06. The molecule has 0 aliphatic heterocycles. The van der Waals surface area contributed by atoms with Gasteiger partial charge in [0.25, 0.3) is 0 Å². The fourth-order valence-corrected chi connectivity index (χ4v) is 5.55. The van der Waals surface area contributed by atoms with Crippen LogP contribution >= 0.6 is 22.9 Å². The molecule has 0 radical (unpaired) electrons. The largest absolute Gasteiger partial charge is 0.479 e. The number of carbonyl (C=O) groups is 1. The minimum Gasteiger partial charge on any atom is -0.479 e. The Bertz CT molecular complexity index is 1620. The summed E-state index contributed by atoms with van der Waals surface area (Å²) in [7, 11) is 1.86. The van der Waals surface area contributed by atoms with E-state index in [9.17, 15) is 9.90 Å². The molecule has 7 nitrogen and oxygen atoms in total. The molecule has 1 unspecified atom stereocenters. The minimum atomic E-state index is -1.15. The number of benzene rings is 2. The summed E-state index contributed by atoms with van der Waals surface area (Å²) in [5.74, 6) is -1.04. The Morgan fingerprint density at radius 2 is 1.86 bits per heavy atom. The van der Waals surface area contributed by atoms with Gasteiger partial charge in [-0.1, -0.05) is 23.7 Å². The van der Waals surface area contributed by atoms with Crippen molar-refractivity contribution in [1.82, 2.24) is 19.7 Å². The zero-order valence-corrected chi connectivity index (χ0v) is 22.1. The number of aliphatic carboxylic acids is 1. The highest BCUT2D eigenvalue weighted by molar-refractivity contribution is 7.22. The maximum absolute atomic E-state index is 12.5. The van der Waals surface area contributed by atoms with E-state index in [0.29, 0.717) is 10.6 Å². The summed E-state index contributed by atoms with van der Waals surface area (Å²) in [5.41, 5.74) is 4.84. The first-order chi connectivity index (χ1) is 17.0. The number of fused-ring (bicyclic) bond motifs is 2. The molecule has 1 N–H and O–H groups in total. The van der Waals surface area contributed by atoms with Gasteiger partial charge in [-0.2, -0.15) is 5.10 Å². The molecule has 0 amide bonds. The molecule has 0 aliphatic carbocycles. The summed E-state index contributed by atoms with van der Waals surface area (Å²) < 4.78 is 8.69. The maximum Gasteiger partial charge on any atom is 0.337 e. The molecule has 5 aromatic rings. The van der Waals surface area contributed by atoms with Crippen molar-refractivity contribution in [3.63, 3.8) is 0 Å². The van der Waals surface area contributed by atoms with Crippen molar-refractivity contribution in [1.29, 1.82) is 0 Å². The first kappa shape index (κ1) is 24.4. The second-order valence-corrected chi connectivity index (χ2v) is 11.1. The normalized spacial score (nSPS) is 12.9. The fraction of sp³-hybridized carbons (Fsp3) is 0.259. The summed E-state index contributed by atoms with van der Waals surface area (Å²) in [6, 6.07) is 11.4. The number of nitrogens with zero attached hydrogens (tertiary/aromatic N) is 4. The van der Waals surface area contributed by atoms with E-state index in [-0.39, 0.29) is 0 Å². The van der Waals surface area contributed by atoms with Crippen molar-refractivity contribution in [2.24, 2.45) is 7.05 Å². The molecule has 1 atom stereocenters. The topological polar surface area (TPSA) is 90.1 Å². The lowest BCUT2D eigenvalue weighted by Crippen LogP contribution is -2.28. The molecule has 2 aromatic carbocycles. The monoisotopic (exact) mass is 520 g/mol. The maximum atomic E-state index is 12.5. The number of carboxylic acids is 1. The third-order valence-electron chi connectivity index (χ3n) is 5.84. The zero-order valence-electron chi connectivity index (χ0n) is 20.5. The highest BCUT2D eigenvalue weighted by Crippen LogP contribution is 2.44. The summed E-state index contributed by atoms with van der Waals surface area (Å²) >= 11 is 7.68. The van der Waals surface area contributed by atoms with Gasteiger partial charge in [0.15, 0.2) is 11.8 Å². The number of thiazole rings is 1. The van der Waals surface area contributed by atoms with Crippen molar-refractivity contribution in [3.8, 4) is 21.7 Å². The van der Waals surface area contributed by atoms with Crippen molar-refractivity contribution in [2.45, 2.75) is 39.4 Å². The summed E-state index contributed by atoms with van der Waals surface area (Å²) in [6.07, 6.45) is 2.42. The van der Waals surface area contributed by atoms with Gasteiger partial charge in [0.1, 0.15) is 5.01 Å². The van der Waals surface area contributed by atoms with Crippen molar-refractivity contribution < 1.29 is 14.6 Å². The van der Waals surface area contributed by atoms with Gasteiger partial charge in [0.2, 0.25) is 0 Å². The highest BCUT2D eigenvalue weighted by Gasteiger charge is 2.32. The number of halogens is 1. The van der Waals surface area contributed by atoms with Crippen LogP contribution < -0.4 is 0 Å². The SMILES string of the molecule is Cc1cc2nc(-c3cnc4c(cnn4C)c3)sc2c(-c2ccc(Cl)cc2)c1C(OC(C)(C)C)C(=O)O. The number of hydrogen-bond acceptors (Lipinski definition) is 6. The molecule has 9 heteroatoms. The van der Waals surface area contributed by atoms with E-state index in [2.05, 4.69) is 10.1 Å². The number of ether oxygens (including phenoxy) is 1. The van der Waals surface area contributed by atoms with Crippen LogP contribution in [0.5, 0.6) is 0 Å². The Hall–Kier alpha value is -3.33. The molecule has 0 spiro atoms. The molecule has 0 saturated heterocycles. The van der Waals surface area contributed by atoms with Crippen LogP contribution in [-0.2, 0) is 16.6 Å². The second-order valence-electron chi connectivity index (χ2n) is 9.71. The number of carboxylic acid groups (broad SMARTS) is 1. The van der Waals surface area contributed by atoms with Crippen LogP contribution in [0.15, 0.2) is 48.8 Å². The Balaban J connectivity index is 1.78. The first-order valence-electron chi connectivity index (χ1n) is 11.4.